The Morgan fingerprint density at radius 2 is 1.89 bits per heavy atom. The summed E-state index contributed by atoms with van der Waals surface area (Å²) in [5.41, 5.74) is 0. The zero-order valence-electron chi connectivity index (χ0n) is 9.19. The molecule has 1 atom stereocenters. The van der Waals surface area contributed by atoms with E-state index in [0.29, 0.717) is 11.3 Å². The highest BCUT2D eigenvalue weighted by molar-refractivity contribution is 7.11. The van der Waals surface area contributed by atoms with Crippen molar-refractivity contribution < 1.29 is 26.3 Å². The first-order valence-corrected chi connectivity index (χ1v) is 5.72. The van der Waals surface area contributed by atoms with Crippen molar-refractivity contribution >= 4 is 11.3 Å². The SMILES string of the molecule is CNC(CCC(F)(F)F)c1cnc(C(F)(F)F)s1. The predicted molar refractivity (Wildman–Crippen MR) is 54.2 cm³/mol. The Balaban J connectivity index is 2.74. The van der Waals surface area contributed by atoms with Gasteiger partial charge in [-0.25, -0.2) is 4.98 Å². The number of hydrogen-bond acceptors (Lipinski definition) is 3. The lowest BCUT2D eigenvalue weighted by Crippen LogP contribution is -2.18. The van der Waals surface area contributed by atoms with Crippen LogP contribution in [0.2, 0.25) is 0 Å². The lowest BCUT2D eigenvalue weighted by atomic mass is 10.1. The van der Waals surface area contributed by atoms with Crippen LogP contribution >= 0.6 is 11.3 Å². The third-order valence-electron chi connectivity index (χ3n) is 2.17. The van der Waals surface area contributed by atoms with Gasteiger partial charge in [0, 0.05) is 23.5 Å². The smallest absolute Gasteiger partial charge is 0.312 e. The van der Waals surface area contributed by atoms with Gasteiger partial charge >= 0.3 is 12.4 Å². The Hall–Kier alpha value is -0.830. The monoisotopic (exact) mass is 292 g/mol. The van der Waals surface area contributed by atoms with E-state index in [2.05, 4.69) is 10.3 Å². The third-order valence-corrected chi connectivity index (χ3v) is 3.33. The van der Waals surface area contributed by atoms with E-state index in [1.807, 2.05) is 0 Å². The van der Waals surface area contributed by atoms with Gasteiger partial charge in [-0.05, 0) is 13.5 Å². The average Bonchev–Trinajstić information content (AvgIpc) is 2.65. The van der Waals surface area contributed by atoms with Crippen LogP contribution in [0.4, 0.5) is 26.3 Å². The van der Waals surface area contributed by atoms with E-state index in [-0.39, 0.29) is 11.3 Å². The zero-order chi connectivity index (χ0) is 14.0. The molecule has 0 aliphatic carbocycles. The van der Waals surface area contributed by atoms with Crippen molar-refractivity contribution in [2.24, 2.45) is 0 Å². The number of thiazole rings is 1. The topological polar surface area (TPSA) is 24.9 Å². The molecule has 18 heavy (non-hydrogen) atoms. The lowest BCUT2D eigenvalue weighted by Gasteiger charge is -2.15. The molecule has 0 amide bonds. The largest absolute Gasteiger partial charge is 0.443 e. The summed E-state index contributed by atoms with van der Waals surface area (Å²) in [4.78, 5) is 3.32. The second-order valence-corrected chi connectivity index (χ2v) is 4.62. The Morgan fingerprint density at radius 1 is 1.28 bits per heavy atom. The Bertz CT molecular complexity index is 383. The number of hydrogen-bond donors (Lipinski definition) is 1. The maximum atomic E-state index is 12.3. The van der Waals surface area contributed by atoms with Crippen molar-refractivity contribution in [1.82, 2.24) is 10.3 Å². The second kappa shape index (κ2) is 5.43. The standard InChI is InChI=1S/C9H10F6N2S/c1-16-5(2-3-8(10,11)12)6-4-17-7(18-6)9(13,14)15/h4-5,16H,2-3H2,1H3. The van der Waals surface area contributed by atoms with Crippen molar-refractivity contribution in [2.45, 2.75) is 31.2 Å². The van der Waals surface area contributed by atoms with Gasteiger partial charge in [-0.1, -0.05) is 0 Å². The Labute approximate surface area is 103 Å². The molecule has 104 valence electrons. The number of rotatable bonds is 4. The zero-order valence-corrected chi connectivity index (χ0v) is 10.0. The average molecular weight is 292 g/mol. The van der Waals surface area contributed by atoms with Crippen LogP contribution in [0.25, 0.3) is 0 Å². The molecule has 0 aromatic carbocycles. The first-order valence-electron chi connectivity index (χ1n) is 4.90. The molecule has 1 heterocycles. The minimum absolute atomic E-state index is 0.147. The predicted octanol–water partition coefficient (Wildman–Crippen LogP) is 3.76. The van der Waals surface area contributed by atoms with Crippen molar-refractivity contribution in [2.75, 3.05) is 7.05 Å². The molecule has 1 aromatic heterocycles. The summed E-state index contributed by atoms with van der Waals surface area (Å²) in [5, 5.41) is 1.51. The van der Waals surface area contributed by atoms with Gasteiger partial charge in [0.15, 0.2) is 5.01 Å². The van der Waals surface area contributed by atoms with E-state index in [1.165, 1.54) is 7.05 Å². The molecule has 0 spiro atoms. The first-order chi connectivity index (χ1) is 8.13. The molecule has 0 saturated heterocycles. The fourth-order valence-electron chi connectivity index (χ4n) is 1.32. The number of halogens is 6. The van der Waals surface area contributed by atoms with Gasteiger partial charge in [0.05, 0.1) is 0 Å². The highest BCUT2D eigenvalue weighted by atomic mass is 32.1. The molecule has 0 fully saturated rings. The van der Waals surface area contributed by atoms with Crippen LogP contribution in [-0.2, 0) is 6.18 Å². The van der Waals surface area contributed by atoms with Crippen LogP contribution in [0.3, 0.4) is 0 Å². The number of nitrogens with zero attached hydrogens (tertiary/aromatic N) is 1. The van der Waals surface area contributed by atoms with Crippen LogP contribution in [0, 0.1) is 0 Å². The molecule has 1 N–H and O–H groups in total. The Kier molecular flexibility index (Phi) is 4.60. The summed E-state index contributed by atoms with van der Waals surface area (Å²) in [5.74, 6) is 0. The third kappa shape index (κ3) is 4.45. The summed E-state index contributed by atoms with van der Waals surface area (Å²) in [6.45, 7) is 0. The second-order valence-electron chi connectivity index (χ2n) is 3.56. The summed E-state index contributed by atoms with van der Waals surface area (Å²) < 4.78 is 73.0. The molecular formula is C9H10F6N2S. The summed E-state index contributed by atoms with van der Waals surface area (Å²) in [7, 11) is 1.40. The summed E-state index contributed by atoms with van der Waals surface area (Å²) in [6, 6.07) is -0.778. The molecule has 0 aliphatic rings. The molecular weight excluding hydrogens is 282 g/mol. The van der Waals surface area contributed by atoms with Gasteiger partial charge in [0.25, 0.3) is 0 Å². The minimum Gasteiger partial charge on any atom is -0.312 e. The Morgan fingerprint density at radius 3 is 2.28 bits per heavy atom. The van der Waals surface area contributed by atoms with Crippen molar-refractivity contribution in [3.8, 4) is 0 Å². The van der Waals surface area contributed by atoms with Crippen LogP contribution in [0.15, 0.2) is 6.20 Å². The molecule has 0 saturated carbocycles. The molecule has 1 aromatic rings. The van der Waals surface area contributed by atoms with E-state index in [0.717, 1.165) is 6.20 Å². The number of alkyl halides is 6. The molecule has 0 bridgehead atoms. The van der Waals surface area contributed by atoms with E-state index < -0.39 is 29.8 Å². The molecule has 1 unspecified atom stereocenters. The van der Waals surface area contributed by atoms with E-state index in [9.17, 15) is 26.3 Å². The highest BCUT2D eigenvalue weighted by Crippen LogP contribution is 2.36. The number of aromatic nitrogens is 1. The van der Waals surface area contributed by atoms with Crippen LogP contribution in [0.1, 0.15) is 28.8 Å². The van der Waals surface area contributed by atoms with E-state index in [1.54, 1.807) is 0 Å². The normalized spacial score (nSPS) is 14.8. The van der Waals surface area contributed by atoms with Crippen LogP contribution in [0.5, 0.6) is 0 Å². The maximum absolute atomic E-state index is 12.3. The number of nitrogens with one attached hydrogen (secondary N) is 1. The van der Waals surface area contributed by atoms with Crippen molar-refractivity contribution in [1.29, 1.82) is 0 Å². The van der Waals surface area contributed by atoms with Gasteiger partial charge in [-0.3, -0.25) is 0 Å². The fraction of sp³-hybridized carbons (Fsp3) is 0.667. The van der Waals surface area contributed by atoms with Gasteiger partial charge in [0.1, 0.15) is 0 Å². The van der Waals surface area contributed by atoms with Gasteiger partial charge in [0.2, 0.25) is 0 Å². The summed E-state index contributed by atoms with van der Waals surface area (Å²) >= 11 is 0.357. The molecule has 9 heteroatoms. The van der Waals surface area contributed by atoms with Crippen LogP contribution in [-0.4, -0.2) is 18.2 Å². The van der Waals surface area contributed by atoms with Crippen LogP contribution < -0.4 is 5.32 Å². The first kappa shape index (κ1) is 15.2. The van der Waals surface area contributed by atoms with E-state index >= 15 is 0 Å². The molecule has 2 nitrogen and oxygen atoms in total. The maximum Gasteiger partial charge on any atom is 0.443 e. The quantitative estimate of drug-likeness (QED) is 0.855. The van der Waals surface area contributed by atoms with Gasteiger partial charge < -0.3 is 5.32 Å². The highest BCUT2D eigenvalue weighted by Gasteiger charge is 2.35. The molecule has 0 aliphatic heterocycles. The molecule has 1 rings (SSSR count). The summed E-state index contributed by atoms with van der Waals surface area (Å²) in [6.07, 6.45) is -9.31. The lowest BCUT2D eigenvalue weighted by molar-refractivity contribution is -0.138. The minimum atomic E-state index is -4.56. The van der Waals surface area contributed by atoms with E-state index in [4.69, 9.17) is 0 Å². The van der Waals surface area contributed by atoms with Crippen molar-refractivity contribution in [3.63, 3.8) is 0 Å². The fourth-order valence-corrected chi connectivity index (χ4v) is 2.24. The van der Waals surface area contributed by atoms with Gasteiger partial charge in [-0.15, -0.1) is 11.3 Å². The van der Waals surface area contributed by atoms with Gasteiger partial charge in [-0.2, -0.15) is 26.3 Å². The molecule has 0 radical (unpaired) electrons. The van der Waals surface area contributed by atoms with Crippen molar-refractivity contribution in [3.05, 3.63) is 16.1 Å².